The van der Waals surface area contributed by atoms with Crippen LogP contribution in [0.1, 0.15) is 52.4 Å². The lowest BCUT2D eigenvalue weighted by Crippen LogP contribution is -2.49. The SMILES string of the molecule is CCC(CO)(CCCN1CCCN(C)CC1C)NC1CC1. The molecule has 0 aromatic heterocycles. The highest BCUT2D eigenvalue weighted by molar-refractivity contribution is 4.94. The Bertz CT molecular complexity index is 302. The van der Waals surface area contributed by atoms with Crippen LogP contribution in [0, 0.1) is 0 Å². The molecule has 2 aliphatic rings. The van der Waals surface area contributed by atoms with Crippen molar-refractivity contribution >= 4 is 0 Å². The van der Waals surface area contributed by atoms with Crippen LogP contribution in [-0.4, -0.2) is 72.4 Å². The maximum absolute atomic E-state index is 9.84. The van der Waals surface area contributed by atoms with Gasteiger partial charge in [0.05, 0.1) is 6.61 Å². The molecule has 1 aliphatic heterocycles. The lowest BCUT2D eigenvalue weighted by molar-refractivity contribution is 0.131. The zero-order valence-corrected chi connectivity index (χ0v) is 14.3. The first-order valence-corrected chi connectivity index (χ1v) is 8.90. The maximum atomic E-state index is 9.84. The monoisotopic (exact) mass is 297 g/mol. The third-order valence-corrected chi connectivity index (χ3v) is 5.35. The van der Waals surface area contributed by atoms with Gasteiger partial charge in [0, 0.05) is 24.2 Å². The average molecular weight is 297 g/mol. The van der Waals surface area contributed by atoms with Crippen LogP contribution in [0.5, 0.6) is 0 Å². The molecular weight excluding hydrogens is 262 g/mol. The van der Waals surface area contributed by atoms with E-state index in [1.54, 1.807) is 0 Å². The first-order valence-electron chi connectivity index (χ1n) is 8.90. The van der Waals surface area contributed by atoms with Gasteiger partial charge in [-0.05, 0) is 72.1 Å². The predicted octanol–water partition coefficient (Wildman–Crippen LogP) is 1.69. The predicted molar refractivity (Wildman–Crippen MR) is 88.6 cm³/mol. The molecule has 1 heterocycles. The molecule has 2 fully saturated rings. The largest absolute Gasteiger partial charge is 0.394 e. The molecule has 124 valence electrons. The molecule has 1 saturated carbocycles. The summed E-state index contributed by atoms with van der Waals surface area (Å²) in [6, 6.07) is 1.32. The summed E-state index contributed by atoms with van der Waals surface area (Å²) in [6.07, 6.45) is 7.16. The molecular formula is C17H35N3O. The molecule has 2 atom stereocenters. The Kier molecular flexibility index (Phi) is 6.48. The second-order valence-corrected chi connectivity index (χ2v) is 7.31. The Hall–Kier alpha value is -0.160. The number of nitrogens with zero attached hydrogens (tertiary/aromatic N) is 2. The minimum absolute atomic E-state index is 0.0347. The van der Waals surface area contributed by atoms with Crippen LogP contribution < -0.4 is 5.32 Å². The molecule has 0 aromatic rings. The third kappa shape index (κ3) is 5.20. The standard InChI is InChI=1S/C17H35N3O/c1-4-17(14-21,18-16-7-8-16)9-5-11-20-12-6-10-19(3)13-15(20)2/h15-16,18,21H,4-14H2,1-3H3. The Morgan fingerprint density at radius 3 is 2.67 bits per heavy atom. The van der Waals surface area contributed by atoms with Gasteiger partial charge in [0.1, 0.15) is 0 Å². The van der Waals surface area contributed by atoms with Crippen LogP contribution in [0.3, 0.4) is 0 Å². The molecule has 2 unspecified atom stereocenters. The summed E-state index contributed by atoms with van der Waals surface area (Å²) < 4.78 is 0. The molecule has 21 heavy (non-hydrogen) atoms. The van der Waals surface area contributed by atoms with Crippen molar-refractivity contribution in [1.82, 2.24) is 15.1 Å². The molecule has 1 saturated heterocycles. The van der Waals surface area contributed by atoms with Crippen LogP contribution in [0.25, 0.3) is 0 Å². The zero-order chi connectivity index (χ0) is 15.3. The highest BCUT2D eigenvalue weighted by Crippen LogP contribution is 2.27. The number of hydrogen-bond acceptors (Lipinski definition) is 4. The second-order valence-electron chi connectivity index (χ2n) is 7.31. The van der Waals surface area contributed by atoms with Crippen molar-refractivity contribution in [3.63, 3.8) is 0 Å². The van der Waals surface area contributed by atoms with Gasteiger partial charge in [0.2, 0.25) is 0 Å². The van der Waals surface area contributed by atoms with Crippen LogP contribution in [-0.2, 0) is 0 Å². The van der Waals surface area contributed by atoms with Gasteiger partial charge >= 0.3 is 0 Å². The number of nitrogens with one attached hydrogen (secondary N) is 1. The van der Waals surface area contributed by atoms with Crippen molar-refractivity contribution in [2.24, 2.45) is 0 Å². The van der Waals surface area contributed by atoms with Crippen molar-refractivity contribution < 1.29 is 5.11 Å². The molecule has 0 aromatic carbocycles. The molecule has 2 N–H and O–H groups in total. The van der Waals surface area contributed by atoms with Crippen LogP contribution in [0.15, 0.2) is 0 Å². The van der Waals surface area contributed by atoms with E-state index in [1.807, 2.05) is 0 Å². The van der Waals surface area contributed by atoms with Gasteiger partial charge in [0.25, 0.3) is 0 Å². The van der Waals surface area contributed by atoms with E-state index in [0.717, 1.165) is 12.8 Å². The molecule has 0 amide bonds. The van der Waals surface area contributed by atoms with Gasteiger partial charge < -0.3 is 15.3 Å². The van der Waals surface area contributed by atoms with E-state index < -0.39 is 0 Å². The zero-order valence-electron chi connectivity index (χ0n) is 14.3. The van der Waals surface area contributed by atoms with Gasteiger partial charge in [-0.3, -0.25) is 4.90 Å². The molecule has 0 radical (unpaired) electrons. The van der Waals surface area contributed by atoms with Crippen LogP contribution in [0.2, 0.25) is 0 Å². The number of aliphatic hydroxyl groups excluding tert-OH is 1. The summed E-state index contributed by atoms with van der Waals surface area (Å²) in [5.41, 5.74) is -0.0347. The van der Waals surface area contributed by atoms with E-state index in [1.165, 1.54) is 51.9 Å². The highest BCUT2D eigenvalue weighted by atomic mass is 16.3. The fourth-order valence-corrected chi connectivity index (χ4v) is 3.62. The molecule has 0 bridgehead atoms. The van der Waals surface area contributed by atoms with Gasteiger partial charge in [-0.1, -0.05) is 6.92 Å². The Balaban J connectivity index is 1.77. The quantitative estimate of drug-likeness (QED) is 0.715. The summed E-state index contributed by atoms with van der Waals surface area (Å²) in [5, 5.41) is 13.5. The molecule has 4 heteroatoms. The van der Waals surface area contributed by atoms with E-state index in [-0.39, 0.29) is 12.1 Å². The van der Waals surface area contributed by atoms with Gasteiger partial charge in [0.15, 0.2) is 0 Å². The highest BCUT2D eigenvalue weighted by Gasteiger charge is 2.34. The summed E-state index contributed by atoms with van der Waals surface area (Å²) in [5.74, 6) is 0. The van der Waals surface area contributed by atoms with E-state index in [9.17, 15) is 5.11 Å². The first kappa shape index (κ1) is 17.2. The van der Waals surface area contributed by atoms with E-state index >= 15 is 0 Å². The molecule has 2 rings (SSSR count). The van der Waals surface area contributed by atoms with Crippen molar-refractivity contribution in [3.8, 4) is 0 Å². The Labute approximate surface area is 130 Å². The molecule has 0 spiro atoms. The summed E-state index contributed by atoms with van der Waals surface area (Å²) in [4.78, 5) is 5.09. The second kappa shape index (κ2) is 7.91. The van der Waals surface area contributed by atoms with E-state index in [2.05, 4.69) is 36.0 Å². The third-order valence-electron chi connectivity index (χ3n) is 5.35. The maximum Gasteiger partial charge on any atom is 0.0613 e. The van der Waals surface area contributed by atoms with Crippen LogP contribution >= 0.6 is 0 Å². The number of hydrogen-bond donors (Lipinski definition) is 2. The summed E-state index contributed by atoms with van der Waals surface area (Å²) in [6.45, 7) is 9.62. The minimum atomic E-state index is -0.0347. The van der Waals surface area contributed by atoms with Gasteiger partial charge in [-0.15, -0.1) is 0 Å². The first-order chi connectivity index (χ1) is 10.1. The topological polar surface area (TPSA) is 38.7 Å². The summed E-state index contributed by atoms with van der Waals surface area (Å²) in [7, 11) is 2.23. The molecule has 1 aliphatic carbocycles. The number of likely N-dealkylation sites (N-methyl/N-ethyl adjacent to an activating group) is 1. The van der Waals surface area contributed by atoms with Crippen LogP contribution in [0.4, 0.5) is 0 Å². The normalized spacial score (nSPS) is 28.3. The Morgan fingerprint density at radius 1 is 1.29 bits per heavy atom. The minimum Gasteiger partial charge on any atom is -0.394 e. The van der Waals surface area contributed by atoms with Crippen molar-refractivity contribution in [2.75, 3.05) is 39.8 Å². The lowest BCUT2D eigenvalue weighted by atomic mass is 9.90. The van der Waals surface area contributed by atoms with E-state index in [0.29, 0.717) is 12.1 Å². The van der Waals surface area contributed by atoms with Crippen molar-refractivity contribution in [3.05, 3.63) is 0 Å². The van der Waals surface area contributed by atoms with Crippen molar-refractivity contribution in [2.45, 2.75) is 70.0 Å². The Morgan fingerprint density at radius 2 is 2.05 bits per heavy atom. The lowest BCUT2D eigenvalue weighted by Gasteiger charge is -2.34. The fraction of sp³-hybridized carbons (Fsp3) is 1.00. The molecule has 4 nitrogen and oxygen atoms in total. The van der Waals surface area contributed by atoms with Gasteiger partial charge in [-0.25, -0.2) is 0 Å². The number of aliphatic hydroxyl groups is 1. The summed E-state index contributed by atoms with van der Waals surface area (Å²) >= 11 is 0. The number of rotatable bonds is 8. The fourth-order valence-electron chi connectivity index (χ4n) is 3.62. The van der Waals surface area contributed by atoms with Gasteiger partial charge in [-0.2, -0.15) is 0 Å². The average Bonchev–Trinajstić information content (AvgIpc) is 3.28. The van der Waals surface area contributed by atoms with Crippen molar-refractivity contribution in [1.29, 1.82) is 0 Å². The smallest absolute Gasteiger partial charge is 0.0613 e. The van der Waals surface area contributed by atoms with E-state index in [4.69, 9.17) is 0 Å².